The van der Waals surface area contributed by atoms with Crippen molar-refractivity contribution in [3.63, 3.8) is 0 Å². The summed E-state index contributed by atoms with van der Waals surface area (Å²) in [6.07, 6.45) is -0.759. The fourth-order valence-corrected chi connectivity index (χ4v) is 2.03. The van der Waals surface area contributed by atoms with Crippen LogP contribution in [0.4, 0.5) is 19.3 Å². The smallest absolute Gasteiger partial charge is 0.412 e. The van der Waals surface area contributed by atoms with Gasteiger partial charge in [0.25, 0.3) is 0 Å². The predicted molar refractivity (Wildman–Crippen MR) is 91.9 cm³/mol. The Morgan fingerprint density at radius 3 is 2.36 bits per heavy atom. The molecule has 10 heteroatoms. The number of benzene rings is 1. The number of anilines is 1. The maximum atomic E-state index is 13.0. The second-order valence-corrected chi connectivity index (χ2v) is 7.07. The zero-order valence-corrected chi connectivity index (χ0v) is 15.7. The fourth-order valence-electron chi connectivity index (χ4n) is 1.48. The first-order valence-electron chi connectivity index (χ1n) is 6.90. The van der Waals surface area contributed by atoms with Crippen LogP contribution >= 0.6 is 22.6 Å². The zero-order valence-electron chi connectivity index (χ0n) is 13.6. The van der Waals surface area contributed by atoms with Crippen LogP contribution in [0.2, 0.25) is 0 Å². The van der Waals surface area contributed by atoms with Gasteiger partial charge in [-0.25, -0.2) is 14.4 Å². The molecule has 0 unspecified atom stereocenters. The van der Waals surface area contributed by atoms with Crippen LogP contribution in [0, 0.1) is 3.57 Å². The number of carboxylic acid groups (broad SMARTS) is 1. The van der Waals surface area contributed by atoms with E-state index in [0.29, 0.717) is 3.57 Å². The minimum absolute atomic E-state index is 0.102. The molecule has 0 fully saturated rings. The lowest BCUT2D eigenvalue weighted by Gasteiger charge is -2.20. The van der Waals surface area contributed by atoms with Crippen molar-refractivity contribution in [1.82, 2.24) is 0 Å². The largest absolute Gasteiger partial charge is 0.477 e. The van der Waals surface area contributed by atoms with Crippen molar-refractivity contribution < 1.29 is 37.7 Å². The van der Waals surface area contributed by atoms with Crippen LogP contribution in [0.3, 0.4) is 0 Å². The van der Waals surface area contributed by atoms with Crippen LogP contribution in [0.1, 0.15) is 31.1 Å². The predicted octanol–water partition coefficient (Wildman–Crippen LogP) is 3.51. The summed E-state index contributed by atoms with van der Waals surface area (Å²) in [7, 11) is 0. The van der Waals surface area contributed by atoms with Gasteiger partial charge < -0.3 is 14.6 Å². The summed E-state index contributed by atoms with van der Waals surface area (Å²) in [5, 5.41) is 10.7. The molecule has 25 heavy (non-hydrogen) atoms. The molecule has 0 spiro atoms. The highest BCUT2D eigenvalue weighted by Gasteiger charge is 2.40. The Balaban J connectivity index is 2.85. The minimum atomic E-state index is -4.19. The molecule has 0 heterocycles. The number of carbonyl (C=O) groups excluding carboxylic acids is 2. The summed E-state index contributed by atoms with van der Waals surface area (Å²) in [5.41, 5.74) is -0.640. The summed E-state index contributed by atoms with van der Waals surface area (Å²) < 4.78 is 35.7. The number of aliphatic carboxylic acids is 1. The Hall–Kier alpha value is -1.98. The van der Waals surface area contributed by atoms with Crippen LogP contribution in [-0.4, -0.2) is 41.3 Å². The third-order valence-corrected chi connectivity index (χ3v) is 3.47. The molecule has 1 aromatic carbocycles. The van der Waals surface area contributed by atoms with Crippen molar-refractivity contribution in [1.29, 1.82) is 0 Å². The Morgan fingerprint density at radius 1 is 1.24 bits per heavy atom. The Kier molecular flexibility index (Phi) is 6.68. The van der Waals surface area contributed by atoms with Crippen molar-refractivity contribution in [2.75, 3.05) is 11.9 Å². The molecule has 0 aliphatic heterocycles. The van der Waals surface area contributed by atoms with Gasteiger partial charge in [0.15, 0.2) is 6.61 Å². The monoisotopic (exact) mass is 471 g/mol. The number of carboxylic acids is 1. The van der Waals surface area contributed by atoms with E-state index in [2.05, 4.69) is 10.1 Å². The van der Waals surface area contributed by atoms with Gasteiger partial charge in [-0.15, -0.1) is 0 Å². The van der Waals surface area contributed by atoms with Crippen molar-refractivity contribution >= 4 is 46.3 Å². The van der Waals surface area contributed by atoms with E-state index in [1.54, 1.807) is 43.4 Å². The molecule has 1 aromatic rings. The average Bonchev–Trinajstić information content (AvgIpc) is 2.44. The molecule has 0 bridgehead atoms. The molecular weight excluding hydrogens is 455 g/mol. The third kappa shape index (κ3) is 6.80. The lowest BCUT2D eigenvalue weighted by atomic mass is 10.2. The summed E-state index contributed by atoms with van der Waals surface area (Å²) in [6, 6.07) is 4.15. The molecule has 0 saturated carbocycles. The highest BCUT2D eigenvalue weighted by Crippen LogP contribution is 2.21. The molecule has 0 aromatic heterocycles. The molecule has 2 N–H and O–H groups in total. The number of amides is 1. The second kappa shape index (κ2) is 7.93. The van der Waals surface area contributed by atoms with Crippen LogP contribution < -0.4 is 5.32 Å². The van der Waals surface area contributed by atoms with Gasteiger partial charge in [0.2, 0.25) is 0 Å². The summed E-state index contributed by atoms with van der Waals surface area (Å²) >= 11 is 1.77. The van der Waals surface area contributed by atoms with Crippen LogP contribution in [0.25, 0.3) is 0 Å². The molecular formula is C15H16F2INO6. The van der Waals surface area contributed by atoms with Gasteiger partial charge in [-0.1, -0.05) is 0 Å². The summed E-state index contributed by atoms with van der Waals surface area (Å²) in [5.74, 6) is -7.72. The minimum Gasteiger partial charge on any atom is -0.477 e. The van der Waals surface area contributed by atoms with Gasteiger partial charge in [-0.05, 0) is 61.6 Å². The van der Waals surface area contributed by atoms with E-state index in [9.17, 15) is 23.2 Å². The van der Waals surface area contributed by atoms with Crippen molar-refractivity contribution in [3.8, 4) is 0 Å². The molecule has 0 aliphatic rings. The molecule has 0 atom stereocenters. The van der Waals surface area contributed by atoms with Crippen LogP contribution in [0.5, 0.6) is 0 Å². The number of carbonyl (C=O) groups is 3. The first-order valence-corrected chi connectivity index (χ1v) is 7.97. The fraction of sp³-hybridized carbons (Fsp3) is 0.400. The number of hydrogen-bond acceptors (Lipinski definition) is 5. The zero-order chi connectivity index (χ0) is 19.4. The van der Waals surface area contributed by atoms with Crippen LogP contribution in [-0.2, 0) is 14.3 Å². The van der Waals surface area contributed by atoms with Crippen LogP contribution in [0.15, 0.2) is 18.2 Å². The van der Waals surface area contributed by atoms with Gasteiger partial charge in [0, 0.05) is 9.26 Å². The SMILES string of the molecule is CC(C)(C)OC(=O)Nc1ccc(I)c(C(=O)OCC(F)(F)C(=O)O)c1. The highest BCUT2D eigenvalue weighted by atomic mass is 127. The van der Waals surface area contributed by atoms with E-state index in [1.165, 1.54) is 18.2 Å². The van der Waals surface area contributed by atoms with Gasteiger partial charge in [-0.2, -0.15) is 8.78 Å². The van der Waals surface area contributed by atoms with E-state index >= 15 is 0 Å². The quantitative estimate of drug-likeness (QED) is 0.504. The van der Waals surface area contributed by atoms with E-state index in [4.69, 9.17) is 9.84 Å². The van der Waals surface area contributed by atoms with Gasteiger partial charge in [0.1, 0.15) is 5.60 Å². The van der Waals surface area contributed by atoms with Crippen molar-refractivity contribution in [2.45, 2.75) is 32.3 Å². The molecule has 7 nitrogen and oxygen atoms in total. The number of rotatable bonds is 5. The first-order chi connectivity index (χ1) is 11.3. The first kappa shape index (κ1) is 21.1. The Labute approximate surface area is 155 Å². The maximum absolute atomic E-state index is 13.0. The molecule has 1 amide bonds. The third-order valence-electron chi connectivity index (χ3n) is 2.53. The summed E-state index contributed by atoms with van der Waals surface area (Å²) in [4.78, 5) is 33.9. The summed E-state index contributed by atoms with van der Waals surface area (Å²) in [6.45, 7) is 3.42. The number of hydrogen-bond donors (Lipinski definition) is 2. The lowest BCUT2D eigenvalue weighted by molar-refractivity contribution is -0.170. The van der Waals surface area contributed by atoms with Gasteiger partial charge in [-0.3, -0.25) is 5.32 Å². The number of ether oxygens (including phenoxy) is 2. The van der Waals surface area contributed by atoms with Crippen molar-refractivity contribution in [2.24, 2.45) is 0 Å². The van der Waals surface area contributed by atoms with Crippen molar-refractivity contribution in [3.05, 3.63) is 27.3 Å². The van der Waals surface area contributed by atoms with Gasteiger partial charge >= 0.3 is 24.0 Å². The van der Waals surface area contributed by atoms with Gasteiger partial charge in [0.05, 0.1) is 5.56 Å². The second-order valence-electron chi connectivity index (χ2n) is 5.91. The average molecular weight is 471 g/mol. The number of nitrogens with one attached hydrogen (secondary N) is 1. The normalized spacial score (nSPS) is 11.6. The molecule has 0 aliphatic carbocycles. The molecule has 138 valence electrons. The highest BCUT2D eigenvalue weighted by molar-refractivity contribution is 14.1. The lowest BCUT2D eigenvalue weighted by Crippen LogP contribution is -2.34. The van der Waals surface area contributed by atoms with E-state index in [1.807, 2.05) is 0 Å². The molecule has 0 saturated heterocycles. The Bertz CT molecular complexity index is 687. The topological polar surface area (TPSA) is 102 Å². The number of alkyl halides is 2. The van der Waals surface area contributed by atoms with E-state index in [0.717, 1.165) is 0 Å². The van der Waals surface area contributed by atoms with E-state index < -0.39 is 36.2 Å². The standard InChI is InChI=1S/C15H16F2INO6/c1-14(2,3)25-13(23)19-8-4-5-10(18)9(6-8)11(20)24-7-15(16,17)12(21)22/h4-6H,7H2,1-3H3,(H,19,23)(H,21,22). The molecule has 1 rings (SSSR count). The maximum Gasteiger partial charge on any atom is 0.412 e. The number of halogens is 3. The van der Waals surface area contributed by atoms with E-state index in [-0.39, 0.29) is 11.3 Å². The number of esters is 1. The Morgan fingerprint density at radius 2 is 1.84 bits per heavy atom. The molecule has 0 radical (unpaired) electrons.